The van der Waals surface area contributed by atoms with Crippen LogP contribution in [-0.2, 0) is 6.18 Å². The lowest BCUT2D eigenvalue weighted by Gasteiger charge is -2.17. The zero-order valence-electron chi connectivity index (χ0n) is 17.3. The van der Waals surface area contributed by atoms with Gasteiger partial charge in [0.1, 0.15) is 25.4 Å². The molecule has 0 saturated carbocycles. The molecule has 0 saturated heterocycles. The van der Waals surface area contributed by atoms with Crippen LogP contribution >= 0.6 is 0 Å². The average molecular weight is 439 g/mol. The molecule has 1 aliphatic heterocycles. The number of anilines is 1. The fourth-order valence-electron chi connectivity index (χ4n) is 3.50. The van der Waals surface area contributed by atoms with Crippen molar-refractivity contribution in [2.75, 3.05) is 19.4 Å². The number of hydrogen-bond acceptors (Lipinski definition) is 3. The summed E-state index contributed by atoms with van der Waals surface area (Å²) in [6, 6.07) is 15.0. The topological polar surface area (TPSA) is 65.5 Å². The Kier molecular flexibility index (Phi) is 5.52. The van der Waals surface area contributed by atoms with E-state index >= 15 is 0 Å². The fraction of sp³-hybridized carbons (Fsp3) is 0.130. The van der Waals surface area contributed by atoms with E-state index in [1.54, 1.807) is 55.1 Å². The summed E-state index contributed by atoms with van der Waals surface area (Å²) in [7, 11) is 3.43. The molecule has 0 atom stereocenters. The molecule has 0 aromatic heterocycles. The predicted octanol–water partition coefficient (Wildman–Crippen LogP) is 2.81. The van der Waals surface area contributed by atoms with E-state index in [-0.39, 0.29) is 29.8 Å². The molecule has 5 nitrogen and oxygen atoms in total. The summed E-state index contributed by atoms with van der Waals surface area (Å²) in [6.45, 7) is 0. The minimum Gasteiger partial charge on any atom is -0.456 e. The van der Waals surface area contributed by atoms with Crippen LogP contribution in [0.4, 0.5) is 18.9 Å². The Balaban J connectivity index is 1.82. The molecule has 9 heteroatoms. The Morgan fingerprint density at radius 3 is 2.38 bits per heavy atom. The van der Waals surface area contributed by atoms with E-state index in [0.29, 0.717) is 22.1 Å². The first kappa shape index (κ1) is 21.6. The Hall–Kier alpha value is -3.59. The Morgan fingerprint density at radius 2 is 1.75 bits per heavy atom. The highest BCUT2D eigenvalue weighted by Gasteiger charge is 2.37. The van der Waals surface area contributed by atoms with Gasteiger partial charge in [-0.15, -0.1) is 0 Å². The molecular formula is C23H19BF3N2O3+. The lowest BCUT2D eigenvalue weighted by atomic mass is 9.88. The van der Waals surface area contributed by atoms with Crippen LogP contribution in [0.3, 0.4) is 0 Å². The standard InChI is InChI=1S/C23H18BF3N2O3/c1-29(2)16-8-10-18-20(12-16)32-19-11-15(7-9-17(19)21(18)23(25,26)27)28-22(30)13-3-5-14(24-31)6-4-13/h3-12,24,31H,1-2H3/p+1. The molecule has 162 valence electrons. The Bertz CT molecular complexity index is 1360. The SMILES string of the molecule is C[N+](C)=c1ccc2c(C(F)(F)F)c3ccc(NC(=O)c4ccc(BO)cc4)cc3oc-2c1. The number of carbonyl (C=O) groups is 1. The summed E-state index contributed by atoms with van der Waals surface area (Å²) in [6.07, 6.45) is -4.59. The van der Waals surface area contributed by atoms with Crippen LogP contribution in [0.25, 0.3) is 22.3 Å². The van der Waals surface area contributed by atoms with Gasteiger partial charge in [0.2, 0.25) is 5.36 Å². The van der Waals surface area contributed by atoms with Crippen LogP contribution in [0, 0.1) is 0 Å². The van der Waals surface area contributed by atoms with Crippen molar-refractivity contribution in [1.29, 1.82) is 0 Å². The number of benzene rings is 3. The van der Waals surface area contributed by atoms with Gasteiger partial charge in [-0.05, 0) is 30.3 Å². The second-order valence-corrected chi connectivity index (χ2v) is 7.57. The number of carbonyl (C=O) groups excluding carboxylic acids is 1. The van der Waals surface area contributed by atoms with Gasteiger partial charge in [0.05, 0.1) is 11.6 Å². The molecule has 2 aromatic carbocycles. The summed E-state index contributed by atoms with van der Waals surface area (Å²) < 4.78 is 49.5. The summed E-state index contributed by atoms with van der Waals surface area (Å²) >= 11 is 0. The van der Waals surface area contributed by atoms with Gasteiger partial charge in [0, 0.05) is 34.3 Å². The number of nitrogens with zero attached hydrogens (tertiary/aromatic N) is 1. The molecule has 2 aromatic rings. The highest BCUT2D eigenvalue weighted by molar-refractivity contribution is 6.45. The molecule has 0 spiro atoms. The van der Waals surface area contributed by atoms with Crippen molar-refractivity contribution in [2.24, 2.45) is 0 Å². The largest absolute Gasteiger partial charge is 0.456 e. The molecular weight excluding hydrogens is 420 g/mol. The number of fused-ring (bicyclic) bond motifs is 2. The maximum Gasteiger partial charge on any atom is 0.417 e. The lowest BCUT2D eigenvalue weighted by Crippen LogP contribution is -2.21. The van der Waals surface area contributed by atoms with E-state index < -0.39 is 17.6 Å². The van der Waals surface area contributed by atoms with Gasteiger partial charge in [-0.2, -0.15) is 13.2 Å². The van der Waals surface area contributed by atoms with Crippen molar-refractivity contribution in [3.05, 3.63) is 77.1 Å². The molecule has 0 unspecified atom stereocenters. The molecule has 2 aliphatic rings. The van der Waals surface area contributed by atoms with Crippen molar-refractivity contribution < 1.29 is 27.4 Å². The van der Waals surface area contributed by atoms with Crippen LogP contribution in [0.1, 0.15) is 15.9 Å². The first-order valence-corrected chi connectivity index (χ1v) is 9.76. The van der Waals surface area contributed by atoms with Crippen molar-refractivity contribution in [1.82, 2.24) is 4.58 Å². The number of rotatable bonds is 3. The second-order valence-electron chi connectivity index (χ2n) is 7.57. The summed E-state index contributed by atoms with van der Waals surface area (Å²) in [4.78, 5) is 12.5. The molecule has 1 aliphatic carbocycles. The molecule has 0 bridgehead atoms. The van der Waals surface area contributed by atoms with E-state index in [1.165, 1.54) is 24.3 Å². The quantitative estimate of drug-likeness (QED) is 0.293. The zero-order valence-corrected chi connectivity index (χ0v) is 17.3. The highest BCUT2D eigenvalue weighted by Crippen LogP contribution is 2.43. The summed E-state index contributed by atoms with van der Waals surface area (Å²) in [5.41, 5.74) is 0.509. The first-order valence-electron chi connectivity index (χ1n) is 9.76. The van der Waals surface area contributed by atoms with Crippen molar-refractivity contribution in [3.8, 4) is 11.3 Å². The molecule has 32 heavy (non-hydrogen) atoms. The Morgan fingerprint density at radius 1 is 1.03 bits per heavy atom. The average Bonchev–Trinajstić information content (AvgIpc) is 2.76. The van der Waals surface area contributed by atoms with Crippen molar-refractivity contribution in [3.63, 3.8) is 0 Å². The van der Waals surface area contributed by atoms with Gasteiger partial charge < -0.3 is 14.8 Å². The van der Waals surface area contributed by atoms with Crippen LogP contribution in [0.15, 0.2) is 65.1 Å². The van der Waals surface area contributed by atoms with E-state index in [4.69, 9.17) is 9.44 Å². The number of alkyl halides is 3. The van der Waals surface area contributed by atoms with E-state index in [0.717, 1.165) is 0 Å². The van der Waals surface area contributed by atoms with Crippen LogP contribution < -0.4 is 20.7 Å². The third-order valence-electron chi connectivity index (χ3n) is 5.16. The minimum atomic E-state index is -4.59. The van der Waals surface area contributed by atoms with Crippen molar-refractivity contribution in [2.45, 2.75) is 6.18 Å². The summed E-state index contributed by atoms with van der Waals surface area (Å²) in [5, 5.41) is 12.4. The summed E-state index contributed by atoms with van der Waals surface area (Å²) in [5.74, 6) is -0.334. The van der Waals surface area contributed by atoms with Crippen LogP contribution in [-0.4, -0.2) is 32.5 Å². The number of amides is 1. The van der Waals surface area contributed by atoms with Crippen LogP contribution in [0.2, 0.25) is 0 Å². The number of halogens is 3. The van der Waals surface area contributed by atoms with Gasteiger partial charge in [-0.25, -0.2) is 4.58 Å². The molecule has 1 heterocycles. The molecule has 0 radical (unpaired) electrons. The zero-order chi connectivity index (χ0) is 23.0. The van der Waals surface area contributed by atoms with Crippen LogP contribution in [0.5, 0.6) is 0 Å². The van der Waals surface area contributed by atoms with E-state index in [9.17, 15) is 18.0 Å². The molecule has 0 fully saturated rings. The van der Waals surface area contributed by atoms with E-state index in [2.05, 4.69) is 5.32 Å². The lowest BCUT2D eigenvalue weighted by molar-refractivity contribution is -0.136. The second kappa shape index (κ2) is 8.16. The molecule has 2 N–H and O–H groups in total. The van der Waals surface area contributed by atoms with Gasteiger partial charge in [-0.1, -0.05) is 17.6 Å². The van der Waals surface area contributed by atoms with Gasteiger partial charge >= 0.3 is 13.7 Å². The molecule has 1 amide bonds. The number of hydrogen-bond donors (Lipinski definition) is 2. The number of nitrogens with one attached hydrogen (secondary N) is 1. The third-order valence-corrected chi connectivity index (χ3v) is 5.16. The predicted molar refractivity (Wildman–Crippen MR) is 118 cm³/mol. The minimum absolute atomic E-state index is 0.00848. The van der Waals surface area contributed by atoms with Gasteiger partial charge in [0.25, 0.3) is 5.91 Å². The highest BCUT2D eigenvalue weighted by atomic mass is 19.4. The van der Waals surface area contributed by atoms with Gasteiger partial charge in [-0.3, -0.25) is 4.79 Å². The maximum atomic E-state index is 14.0. The van der Waals surface area contributed by atoms with Gasteiger partial charge in [0.15, 0.2) is 0 Å². The normalized spacial score (nSPS) is 11.6. The fourth-order valence-corrected chi connectivity index (χ4v) is 3.50. The smallest absolute Gasteiger partial charge is 0.417 e. The maximum absolute atomic E-state index is 14.0. The third kappa shape index (κ3) is 4.11. The Labute approximate surface area is 182 Å². The van der Waals surface area contributed by atoms with Crippen molar-refractivity contribution >= 4 is 35.5 Å². The monoisotopic (exact) mass is 439 g/mol. The van der Waals surface area contributed by atoms with E-state index in [1.807, 2.05) is 0 Å². The molecule has 4 rings (SSSR count). The first-order chi connectivity index (χ1) is 15.2.